The van der Waals surface area contributed by atoms with Gasteiger partial charge in [-0.3, -0.25) is 9.89 Å². The number of hydrogen-bond acceptors (Lipinski definition) is 4. The van der Waals surface area contributed by atoms with Gasteiger partial charge in [-0.1, -0.05) is 189 Å². The topological polar surface area (TPSA) is 45.7 Å². The van der Waals surface area contributed by atoms with Gasteiger partial charge in [0.2, 0.25) is 0 Å². The highest BCUT2D eigenvalue weighted by Gasteiger charge is 2.41. The van der Waals surface area contributed by atoms with Crippen LogP contribution in [-0.4, -0.2) is 37.9 Å². The van der Waals surface area contributed by atoms with Gasteiger partial charge in [-0.2, -0.15) is 0 Å². The maximum absolute atomic E-state index is 6.62. The molecule has 0 saturated heterocycles. The summed E-state index contributed by atoms with van der Waals surface area (Å²) in [6.07, 6.45) is 9.34. The lowest BCUT2D eigenvalue weighted by Gasteiger charge is -2.34. The first-order chi connectivity index (χ1) is 32.5. The van der Waals surface area contributed by atoms with Gasteiger partial charge in [-0.15, -0.1) is 0 Å². The second-order valence-corrected chi connectivity index (χ2v) is 21.4. The van der Waals surface area contributed by atoms with Crippen LogP contribution >= 0.6 is 0 Å². The molecule has 10 aromatic rings. The zero-order valence-electron chi connectivity index (χ0n) is 37.6. The maximum atomic E-state index is 6.62. The van der Waals surface area contributed by atoms with Crippen LogP contribution in [0, 0.1) is 5.92 Å². The largest absolute Gasteiger partial charge is 0.456 e. The number of para-hydroxylation sites is 1. The minimum atomic E-state index is -2.83. The number of benzene rings is 8. The van der Waals surface area contributed by atoms with Crippen molar-refractivity contribution in [3.63, 3.8) is 0 Å². The predicted octanol–water partition coefficient (Wildman–Crippen LogP) is 11.5. The second kappa shape index (κ2) is 17.6. The first-order valence-corrected chi connectivity index (χ1v) is 25.0. The van der Waals surface area contributed by atoms with Crippen LogP contribution in [0.5, 0.6) is 0 Å². The molecule has 1 aliphatic rings. The van der Waals surface area contributed by atoms with Crippen molar-refractivity contribution in [1.29, 1.82) is 0 Å². The van der Waals surface area contributed by atoms with Crippen LogP contribution in [0.25, 0.3) is 49.4 Å². The Bertz CT molecular complexity index is 3330. The first kappa shape index (κ1) is 41.4. The third kappa shape index (κ3) is 7.15. The third-order valence-corrected chi connectivity index (χ3v) is 18.5. The summed E-state index contributed by atoms with van der Waals surface area (Å²) in [5, 5.41) is 13.5. The SMILES string of the molecule is CNC(c1ccccc1)N(C)C(/N=C/C1=CC=CCC1C)c1cccc(-n2c3ccc([Si](c4ccccc4)(c4ccccc4)c4ccccc4)cc3c3cc4oc5ccccc5c4cc32)c1. The van der Waals surface area contributed by atoms with E-state index in [0.29, 0.717) is 5.92 Å². The van der Waals surface area contributed by atoms with Crippen molar-refractivity contribution in [2.24, 2.45) is 10.9 Å². The van der Waals surface area contributed by atoms with Gasteiger partial charge in [-0.25, -0.2) is 0 Å². The monoisotopic (exact) mass is 872 g/mol. The number of nitrogens with one attached hydrogen (secondary N) is 1. The van der Waals surface area contributed by atoms with Gasteiger partial charge in [0.1, 0.15) is 17.3 Å². The van der Waals surface area contributed by atoms with Crippen molar-refractivity contribution in [2.45, 2.75) is 25.7 Å². The lowest BCUT2D eigenvalue weighted by molar-refractivity contribution is 0.157. The van der Waals surface area contributed by atoms with Crippen LogP contribution < -0.4 is 26.1 Å². The van der Waals surface area contributed by atoms with Gasteiger partial charge < -0.3 is 14.3 Å². The molecule has 0 amide bonds. The van der Waals surface area contributed by atoms with E-state index in [4.69, 9.17) is 9.41 Å². The van der Waals surface area contributed by atoms with Crippen LogP contribution in [0.15, 0.2) is 233 Å². The van der Waals surface area contributed by atoms with E-state index >= 15 is 0 Å². The summed E-state index contributed by atoms with van der Waals surface area (Å²) in [6.45, 7) is 2.28. The van der Waals surface area contributed by atoms with Gasteiger partial charge in [0.15, 0.2) is 8.07 Å². The molecule has 0 bridgehead atoms. The molecule has 0 spiro atoms. The summed E-state index contributed by atoms with van der Waals surface area (Å²) in [5.74, 6) is 0.399. The summed E-state index contributed by atoms with van der Waals surface area (Å²) in [6, 6.07) is 73.4. The molecule has 0 aliphatic heterocycles. The Morgan fingerprint density at radius 2 is 1.23 bits per heavy atom. The Labute approximate surface area is 387 Å². The summed E-state index contributed by atoms with van der Waals surface area (Å²) >= 11 is 0. The van der Waals surface area contributed by atoms with Crippen molar-refractivity contribution < 1.29 is 4.42 Å². The highest BCUT2D eigenvalue weighted by molar-refractivity contribution is 7.20. The van der Waals surface area contributed by atoms with E-state index in [2.05, 4.69) is 247 Å². The van der Waals surface area contributed by atoms with E-state index in [1.165, 1.54) is 37.3 Å². The van der Waals surface area contributed by atoms with Gasteiger partial charge >= 0.3 is 0 Å². The van der Waals surface area contributed by atoms with Gasteiger partial charge in [0.05, 0.1) is 17.2 Å². The van der Waals surface area contributed by atoms with E-state index in [1.807, 2.05) is 13.1 Å². The molecule has 1 aliphatic carbocycles. The van der Waals surface area contributed by atoms with E-state index in [9.17, 15) is 0 Å². The molecule has 66 heavy (non-hydrogen) atoms. The molecule has 3 unspecified atom stereocenters. The highest BCUT2D eigenvalue weighted by Crippen LogP contribution is 2.39. The molecule has 0 saturated carbocycles. The minimum Gasteiger partial charge on any atom is -0.456 e. The second-order valence-electron chi connectivity index (χ2n) is 17.6. The average molecular weight is 873 g/mol. The van der Waals surface area contributed by atoms with Gasteiger partial charge in [-0.05, 0) is 100 Å². The van der Waals surface area contributed by atoms with E-state index in [-0.39, 0.29) is 12.3 Å². The van der Waals surface area contributed by atoms with Crippen molar-refractivity contribution in [3.05, 3.63) is 235 Å². The molecular weight excluding hydrogens is 821 g/mol. The molecule has 11 rings (SSSR count). The lowest BCUT2D eigenvalue weighted by Crippen LogP contribution is -2.74. The molecule has 0 fully saturated rings. The highest BCUT2D eigenvalue weighted by atomic mass is 28.3. The Morgan fingerprint density at radius 1 is 0.606 bits per heavy atom. The van der Waals surface area contributed by atoms with Crippen molar-refractivity contribution in [3.8, 4) is 5.69 Å². The standard InChI is InChI=1S/C60H52N4OSi/c1-42-21-16-17-24-45(42)41-62-60(63(3)59(61-2)43-22-8-4-9-23-43)44-25-20-26-46(37-44)64-55-36-35-50(38-52(55)53-40-58-54(39-56(53)64)51-33-18-19-34-57(51)65-58)66(47-27-10-5-11-28-47,48-29-12-6-13-30-48)49-31-14-7-15-32-49/h4-20,22-42,59-61H,21H2,1-3H3/b62-41+. The van der Waals surface area contributed by atoms with Crippen LogP contribution in [0.2, 0.25) is 0 Å². The summed E-state index contributed by atoms with van der Waals surface area (Å²) < 4.78 is 9.08. The number of rotatable bonds is 12. The molecule has 2 heterocycles. The third-order valence-electron chi connectivity index (χ3n) is 13.8. The average Bonchev–Trinajstić information content (AvgIpc) is 3.90. The number of allylic oxidation sites excluding steroid dienone is 4. The van der Waals surface area contributed by atoms with Crippen molar-refractivity contribution >= 4 is 78.8 Å². The molecule has 322 valence electrons. The van der Waals surface area contributed by atoms with Gasteiger partial charge in [0, 0.05) is 33.4 Å². The number of aliphatic imine (C=N–C) groups is 1. The van der Waals surface area contributed by atoms with Gasteiger partial charge in [0.25, 0.3) is 0 Å². The minimum absolute atomic E-state index is 0.0766. The molecule has 0 radical (unpaired) electrons. The van der Waals surface area contributed by atoms with Crippen molar-refractivity contribution in [1.82, 2.24) is 14.8 Å². The number of furan rings is 1. The van der Waals surface area contributed by atoms with Crippen LogP contribution in [-0.2, 0) is 0 Å². The maximum Gasteiger partial charge on any atom is 0.179 e. The van der Waals surface area contributed by atoms with E-state index in [1.54, 1.807) is 0 Å². The number of fused-ring (bicyclic) bond motifs is 6. The summed E-state index contributed by atoms with van der Waals surface area (Å²) in [5.41, 5.74) is 8.64. The number of hydrogen-bond donors (Lipinski definition) is 1. The zero-order chi connectivity index (χ0) is 44.6. The van der Waals surface area contributed by atoms with Crippen LogP contribution in [0.3, 0.4) is 0 Å². The molecule has 8 aromatic carbocycles. The fraction of sp³-hybridized carbons (Fsp3) is 0.117. The fourth-order valence-corrected chi connectivity index (χ4v) is 15.3. The molecule has 5 nitrogen and oxygen atoms in total. The van der Waals surface area contributed by atoms with E-state index < -0.39 is 8.07 Å². The summed E-state index contributed by atoms with van der Waals surface area (Å²) in [4.78, 5) is 7.79. The molecule has 6 heteroatoms. The number of aromatic nitrogens is 1. The lowest BCUT2D eigenvalue weighted by atomic mass is 9.94. The first-order valence-electron chi connectivity index (χ1n) is 23.0. The number of nitrogens with zero attached hydrogens (tertiary/aromatic N) is 3. The Morgan fingerprint density at radius 3 is 1.89 bits per heavy atom. The Hall–Kier alpha value is -7.35. The predicted molar refractivity (Wildman–Crippen MR) is 280 cm³/mol. The fourth-order valence-electron chi connectivity index (χ4n) is 10.5. The van der Waals surface area contributed by atoms with Crippen LogP contribution in [0.4, 0.5) is 0 Å². The Balaban J connectivity index is 1.16. The summed E-state index contributed by atoms with van der Waals surface area (Å²) in [7, 11) is 1.37. The molecule has 3 atom stereocenters. The smallest absolute Gasteiger partial charge is 0.179 e. The molecular formula is C60H52N4OSi. The normalized spacial score (nSPS) is 15.3. The zero-order valence-corrected chi connectivity index (χ0v) is 38.6. The Kier molecular flexibility index (Phi) is 11.0. The van der Waals surface area contributed by atoms with E-state index in [0.717, 1.165) is 56.0 Å². The molecule has 1 N–H and O–H groups in total. The van der Waals surface area contributed by atoms with Crippen LogP contribution in [0.1, 0.15) is 36.8 Å². The molecule has 2 aromatic heterocycles. The quantitative estimate of drug-likeness (QED) is 0.0576. The van der Waals surface area contributed by atoms with Crippen molar-refractivity contribution in [2.75, 3.05) is 14.1 Å².